The Morgan fingerprint density at radius 2 is 1.77 bits per heavy atom. The molecule has 0 atom stereocenters. The minimum Gasteiger partial charge on any atom is -0.351 e. The van der Waals surface area contributed by atoms with E-state index in [0.717, 1.165) is 18.9 Å². The van der Waals surface area contributed by atoms with Gasteiger partial charge in [0.25, 0.3) is 10.0 Å². The molecule has 26 heavy (non-hydrogen) atoms. The highest BCUT2D eigenvalue weighted by atomic mass is 32.2. The van der Waals surface area contributed by atoms with Gasteiger partial charge in [-0.15, -0.1) is 0 Å². The summed E-state index contributed by atoms with van der Waals surface area (Å²) in [4.78, 5) is 11.5. The second-order valence-electron chi connectivity index (χ2n) is 5.85. The van der Waals surface area contributed by atoms with Gasteiger partial charge in [-0.05, 0) is 38.0 Å². The van der Waals surface area contributed by atoms with Crippen molar-refractivity contribution in [3.63, 3.8) is 0 Å². The van der Waals surface area contributed by atoms with E-state index in [2.05, 4.69) is 5.16 Å². The highest BCUT2D eigenvalue weighted by Gasteiger charge is 2.29. The van der Waals surface area contributed by atoms with Gasteiger partial charge < -0.3 is 4.52 Å². The maximum atomic E-state index is 12.6. The average Bonchev–Trinajstić information content (AvgIpc) is 3.26. The molecule has 1 aromatic carbocycles. The first-order chi connectivity index (χ1) is 12.2. The van der Waals surface area contributed by atoms with Crippen molar-refractivity contribution in [1.29, 1.82) is 0 Å². The summed E-state index contributed by atoms with van der Waals surface area (Å²) in [7, 11) is -8.05. The monoisotopic (exact) mass is 399 g/mol. The van der Waals surface area contributed by atoms with Crippen molar-refractivity contribution in [3.8, 4) is 0 Å². The van der Waals surface area contributed by atoms with E-state index >= 15 is 0 Å². The summed E-state index contributed by atoms with van der Waals surface area (Å²) in [6, 6.07) is 6.19. The lowest BCUT2D eigenvalue weighted by Gasteiger charge is -2.16. The van der Waals surface area contributed by atoms with Crippen LogP contribution in [-0.4, -0.2) is 45.3 Å². The van der Waals surface area contributed by atoms with E-state index in [4.69, 9.17) is 4.52 Å². The van der Waals surface area contributed by atoms with Crippen LogP contribution in [0.1, 0.15) is 29.1 Å². The Labute approximate surface area is 151 Å². The summed E-state index contributed by atoms with van der Waals surface area (Å²) in [5.74, 6) is -1.25. The van der Waals surface area contributed by atoms with Gasteiger partial charge in [-0.25, -0.2) is 21.6 Å². The number of amides is 1. The number of sulfonamides is 2. The third kappa shape index (κ3) is 3.64. The van der Waals surface area contributed by atoms with Crippen LogP contribution in [0.3, 0.4) is 0 Å². The van der Waals surface area contributed by atoms with Crippen molar-refractivity contribution >= 4 is 26.0 Å². The third-order valence-corrected chi connectivity index (χ3v) is 7.12. The number of hydrogen-bond donors (Lipinski definition) is 1. The minimum absolute atomic E-state index is 0.134. The molecule has 1 amide bonds. The fraction of sp³-hybridized carbons (Fsp3) is 0.333. The van der Waals surface area contributed by atoms with Gasteiger partial charge in [0.05, 0.1) is 15.5 Å². The van der Waals surface area contributed by atoms with Gasteiger partial charge in [-0.1, -0.05) is 11.2 Å². The SMILES string of the molecule is Cc1cc(C(=O)NS(=O)(=O)c2cccc(S(=O)(=O)N3CCCC3)c2)on1. The quantitative estimate of drug-likeness (QED) is 0.791. The van der Waals surface area contributed by atoms with Gasteiger partial charge in [0.2, 0.25) is 15.8 Å². The van der Waals surface area contributed by atoms with E-state index in [1.807, 2.05) is 4.72 Å². The van der Waals surface area contributed by atoms with Crippen molar-refractivity contribution < 1.29 is 26.2 Å². The smallest absolute Gasteiger partial charge is 0.303 e. The number of rotatable bonds is 5. The van der Waals surface area contributed by atoms with Crippen molar-refractivity contribution in [3.05, 3.63) is 41.8 Å². The van der Waals surface area contributed by atoms with Crippen LogP contribution < -0.4 is 4.72 Å². The van der Waals surface area contributed by atoms with Crippen molar-refractivity contribution in [2.75, 3.05) is 13.1 Å². The predicted octanol–water partition coefficient (Wildman–Crippen LogP) is 0.886. The zero-order valence-corrected chi connectivity index (χ0v) is 15.5. The molecule has 0 spiro atoms. The van der Waals surface area contributed by atoms with Gasteiger partial charge in [0.1, 0.15) is 0 Å². The van der Waals surface area contributed by atoms with E-state index < -0.39 is 26.0 Å². The molecule has 1 fully saturated rings. The number of nitrogens with one attached hydrogen (secondary N) is 1. The van der Waals surface area contributed by atoms with E-state index in [1.54, 1.807) is 6.92 Å². The summed E-state index contributed by atoms with van der Waals surface area (Å²) in [6.07, 6.45) is 1.54. The lowest BCUT2D eigenvalue weighted by Crippen LogP contribution is -2.31. The van der Waals surface area contributed by atoms with Crippen molar-refractivity contribution in [2.24, 2.45) is 0 Å². The van der Waals surface area contributed by atoms with Gasteiger partial charge >= 0.3 is 5.91 Å². The molecule has 1 N–H and O–H groups in total. The Bertz CT molecular complexity index is 1040. The number of carbonyl (C=O) groups excluding carboxylic acids is 1. The Hall–Kier alpha value is -2.24. The molecule has 0 radical (unpaired) electrons. The normalized spacial score (nSPS) is 15.9. The first-order valence-electron chi connectivity index (χ1n) is 7.81. The molecule has 1 saturated heterocycles. The van der Waals surface area contributed by atoms with Crippen molar-refractivity contribution in [2.45, 2.75) is 29.6 Å². The molecule has 11 heteroatoms. The predicted molar refractivity (Wildman–Crippen MR) is 90.3 cm³/mol. The maximum absolute atomic E-state index is 12.6. The van der Waals surface area contributed by atoms with Gasteiger partial charge in [0, 0.05) is 19.2 Å². The summed E-state index contributed by atoms with van der Waals surface area (Å²) in [5, 5.41) is 3.52. The van der Waals surface area contributed by atoms with Gasteiger partial charge in [-0.3, -0.25) is 4.79 Å². The molecule has 0 aliphatic carbocycles. The van der Waals surface area contributed by atoms with Crippen LogP contribution in [0, 0.1) is 6.92 Å². The summed E-state index contributed by atoms with van der Waals surface area (Å²) in [5.41, 5.74) is 0.422. The van der Waals surface area contributed by atoms with Crippen molar-refractivity contribution in [1.82, 2.24) is 14.2 Å². The summed E-state index contributed by atoms with van der Waals surface area (Å²) < 4.78 is 57.9. The number of aromatic nitrogens is 1. The molecular weight excluding hydrogens is 382 g/mol. The number of hydrogen-bond acceptors (Lipinski definition) is 7. The summed E-state index contributed by atoms with van der Waals surface area (Å²) in [6.45, 7) is 2.39. The summed E-state index contributed by atoms with van der Waals surface area (Å²) >= 11 is 0. The fourth-order valence-corrected chi connectivity index (χ4v) is 5.22. The molecule has 0 unspecified atom stereocenters. The number of aryl methyl sites for hydroxylation is 1. The molecule has 3 rings (SSSR count). The minimum atomic E-state index is -4.27. The molecule has 2 aromatic rings. The molecule has 0 saturated carbocycles. The van der Waals surface area contributed by atoms with E-state index in [0.29, 0.717) is 18.8 Å². The second kappa shape index (κ2) is 6.82. The van der Waals surface area contributed by atoms with E-state index in [-0.39, 0.29) is 15.6 Å². The molecule has 0 bridgehead atoms. The Morgan fingerprint density at radius 1 is 1.12 bits per heavy atom. The standard InChI is InChI=1S/C15H17N3O6S2/c1-11-9-14(24-16-11)15(19)17-25(20,21)12-5-4-6-13(10-12)26(22,23)18-7-2-3-8-18/h4-6,9-10H,2-3,7-8H2,1H3,(H,17,19). The average molecular weight is 399 g/mol. The van der Waals surface area contributed by atoms with E-state index in [9.17, 15) is 21.6 Å². The topological polar surface area (TPSA) is 127 Å². The second-order valence-corrected chi connectivity index (χ2v) is 9.47. The lowest BCUT2D eigenvalue weighted by molar-refractivity contribution is 0.0945. The highest BCUT2D eigenvalue weighted by Crippen LogP contribution is 2.23. The first-order valence-corrected chi connectivity index (χ1v) is 10.7. The highest BCUT2D eigenvalue weighted by molar-refractivity contribution is 7.90. The largest absolute Gasteiger partial charge is 0.351 e. The Morgan fingerprint density at radius 3 is 2.38 bits per heavy atom. The van der Waals surface area contributed by atoms with Crippen LogP contribution in [0.4, 0.5) is 0 Å². The van der Waals surface area contributed by atoms with Crippen LogP contribution >= 0.6 is 0 Å². The number of nitrogens with zero attached hydrogens (tertiary/aromatic N) is 2. The molecule has 9 nitrogen and oxygen atoms in total. The van der Waals surface area contributed by atoms with Gasteiger partial charge in [-0.2, -0.15) is 4.31 Å². The van der Waals surface area contributed by atoms with Crippen LogP contribution in [0.2, 0.25) is 0 Å². The Kier molecular flexibility index (Phi) is 4.86. The molecule has 1 aliphatic rings. The fourth-order valence-electron chi connectivity index (χ4n) is 2.58. The lowest BCUT2D eigenvalue weighted by atomic mass is 10.4. The van der Waals surface area contributed by atoms with Crippen LogP contribution in [0.15, 0.2) is 44.6 Å². The van der Waals surface area contributed by atoms with Crippen LogP contribution in [-0.2, 0) is 20.0 Å². The number of benzene rings is 1. The molecular formula is C15H17N3O6S2. The maximum Gasteiger partial charge on any atom is 0.303 e. The van der Waals surface area contributed by atoms with Gasteiger partial charge in [0.15, 0.2) is 0 Å². The molecule has 140 valence electrons. The number of carbonyl (C=O) groups is 1. The third-order valence-electron chi connectivity index (χ3n) is 3.90. The zero-order valence-electron chi connectivity index (χ0n) is 13.9. The first kappa shape index (κ1) is 18.5. The van der Waals surface area contributed by atoms with E-state index in [1.165, 1.54) is 28.6 Å². The van der Waals surface area contributed by atoms with Crippen LogP contribution in [0.5, 0.6) is 0 Å². The molecule has 1 aromatic heterocycles. The zero-order chi connectivity index (χ0) is 18.9. The Balaban J connectivity index is 1.88. The molecule has 1 aliphatic heterocycles. The van der Waals surface area contributed by atoms with Crippen LogP contribution in [0.25, 0.3) is 0 Å². The molecule has 2 heterocycles.